The van der Waals surface area contributed by atoms with Crippen LogP contribution in [0.15, 0.2) is 107 Å². The molecule has 5 amide bonds. The van der Waals surface area contributed by atoms with Gasteiger partial charge in [-0.05, 0) is 113 Å². The molecular weight excluding hydrogens is 1240 g/mol. The van der Waals surface area contributed by atoms with Crippen molar-refractivity contribution >= 4 is 138 Å². The van der Waals surface area contributed by atoms with Crippen LogP contribution in [0.4, 0.5) is 23.3 Å². The summed E-state index contributed by atoms with van der Waals surface area (Å²) in [6.07, 6.45) is 2.22. The van der Waals surface area contributed by atoms with Gasteiger partial charge in [0.05, 0.1) is 59.1 Å². The Bertz CT molecular complexity index is 3850. The van der Waals surface area contributed by atoms with Gasteiger partial charge >= 0.3 is 5.97 Å². The lowest BCUT2D eigenvalue weighted by atomic mass is 9.91. The standard InChI is InChI=1S/C26H25Cl2N7O5S.C23H19Cl2N5O5S.C3H8N2O.ClH/c1-14(22(30)36)32-23(37)15(2)33-41(39,40)21-13-31-25-34(20-9-18(27)8-19(28)10-20)24(38)26(3,35(21)25)11-16-4-6-17(12-29)7-5-16;1-13(20(31)32)28-36(34,35)19-12-27-22-29(18-8-16(24)7-17(25)9-18)21(33)23(2,30(19)22)10-14-3-5-15(11-26)6-4-14;1-2(4)3(5)6;/h4-10,13-15,33H,11H2,1-3H3,(H2,30,36)(H,32,37);3-9,12-13,28H,10H2,1-2H3,(H,31,32);2H,4H2,1H3,(H2,5,6);1H/t14-,15+,26-;13-,23+;2-;/m101./s1. The normalized spacial score (nSPS) is 17.5. The van der Waals surface area contributed by atoms with Gasteiger partial charge in [-0.3, -0.25) is 37.9 Å². The third kappa shape index (κ3) is 14.4. The Morgan fingerprint density at radius 1 is 0.619 bits per heavy atom. The number of primary amides is 2. The quantitative estimate of drug-likeness (QED) is 0.0628. The molecule has 0 unspecified atom stereocenters. The van der Waals surface area contributed by atoms with Crippen LogP contribution in [0.3, 0.4) is 0 Å². The molecule has 4 heterocycles. The highest BCUT2D eigenvalue weighted by Crippen LogP contribution is 2.46. The number of amides is 5. The van der Waals surface area contributed by atoms with Crippen LogP contribution in [0.25, 0.3) is 0 Å². The van der Waals surface area contributed by atoms with Gasteiger partial charge in [0.25, 0.3) is 31.9 Å². The lowest BCUT2D eigenvalue weighted by Crippen LogP contribution is -2.51. The van der Waals surface area contributed by atoms with Gasteiger partial charge < -0.3 is 27.6 Å². The van der Waals surface area contributed by atoms with Gasteiger partial charge in [-0.15, -0.1) is 12.4 Å². The first kappa shape index (κ1) is 67.1. The third-order valence-electron chi connectivity index (χ3n) is 12.8. The molecule has 4 aromatic carbocycles. The van der Waals surface area contributed by atoms with E-state index in [2.05, 4.69) is 30.5 Å². The van der Waals surface area contributed by atoms with Crippen molar-refractivity contribution in [2.24, 2.45) is 17.2 Å². The second-order valence-electron chi connectivity index (χ2n) is 19.4. The molecule has 6 atom stereocenters. The van der Waals surface area contributed by atoms with Crippen LogP contribution in [0.5, 0.6) is 0 Å². The molecule has 6 aromatic rings. The average Bonchev–Trinajstić information content (AvgIpc) is 1.59. The van der Waals surface area contributed by atoms with Crippen molar-refractivity contribution in [1.29, 1.82) is 10.5 Å². The minimum Gasteiger partial charge on any atom is -0.480 e. The van der Waals surface area contributed by atoms with E-state index in [9.17, 15) is 50.7 Å². The van der Waals surface area contributed by atoms with E-state index in [0.29, 0.717) is 22.3 Å². The van der Waals surface area contributed by atoms with Gasteiger partial charge in [0, 0.05) is 32.9 Å². The minimum atomic E-state index is -4.46. The predicted octanol–water partition coefficient (Wildman–Crippen LogP) is 5.04. The number of carboxylic acids is 1. The zero-order valence-corrected chi connectivity index (χ0v) is 50.5. The Labute approximate surface area is 508 Å². The number of nitrogens with zero attached hydrogens (tertiary/aromatic N) is 8. The molecule has 32 heteroatoms. The maximum atomic E-state index is 14.1. The largest absolute Gasteiger partial charge is 0.480 e. The van der Waals surface area contributed by atoms with Crippen molar-refractivity contribution < 1.29 is 50.7 Å². The van der Waals surface area contributed by atoms with E-state index >= 15 is 0 Å². The summed E-state index contributed by atoms with van der Waals surface area (Å²) in [5.41, 5.74) is 14.5. The smallest absolute Gasteiger partial charge is 0.321 e. The molecule has 84 heavy (non-hydrogen) atoms. The van der Waals surface area contributed by atoms with Gasteiger partial charge in [0.2, 0.25) is 29.6 Å². The van der Waals surface area contributed by atoms with Gasteiger partial charge in [-0.25, -0.2) is 36.6 Å². The average molecular weight is 1290 g/mol. The number of halogens is 5. The number of benzene rings is 4. The molecule has 444 valence electrons. The summed E-state index contributed by atoms with van der Waals surface area (Å²) >= 11 is 24.7. The zero-order chi connectivity index (χ0) is 61.8. The molecule has 2 aliphatic heterocycles. The van der Waals surface area contributed by atoms with Crippen LogP contribution >= 0.6 is 58.8 Å². The number of nitrogens with one attached hydrogen (secondary N) is 3. The number of hydrogen-bond acceptors (Lipinski definition) is 15. The number of nitriles is 2. The first-order chi connectivity index (χ1) is 38.7. The van der Waals surface area contributed by atoms with Gasteiger partial charge in [-0.2, -0.15) is 20.0 Å². The SMILES string of the molecule is C[C@@H](N)C(N)=O.C[C@H](NS(=O)(=O)c1cnc2n1[C@](C)(Cc1ccc(C#N)cc1)C(=O)N2c1cc(Cl)cc(Cl)c1)C(=O)N[C@H](C)C(N)=O.C[C@H](NS(=O)(=O)c1cnc2n1[C@](C)(Cc1ccc(C#N)cc1)C(=O)N2c1cc(Cl)cc(Cl)c1)C(=O)O.Cl. The monoisotopic (exact) mass is 1290 g/mol. The van der Waals surface area contributed by atoms with Crippen molar-refractivity contribution in [2.45, 2.75) is 99.7 Å². The Morgan fingerprint density at radius 3 is 1.25 bits per heavy atom. The number of carbonyl (C=O) groups excluding carboxylic acids is 5. The van der Waals surface area contributed by atoms with Crippen LogP contribution in [-0.4, -0.2) is 101 Å². The molecule has 0 aliphatic carbocycles. The lowest BCUT2D eigenvalue weighted by Gasteiger charge is -2.27. The minimum absolute atomic E-state index is 0. The maximum Gasteiger partial charge on any atom is 0.321 e. The molecule has 0 saturated heterocycles. The Morgan fingerprint density at radius 2 is 0.952 bits per heavy atom. The summed E-state index contributed by atoms with van der Waals surface area (Å²) in [6.45, 7) is 8.51. The molecule has 2 aromatic heterocycles. The lowest BCUT2D eigenvalue weighted by molar-refractivity contribution is -0.138. The summed E-state index contributed by atoms with van der Waals surface area (Å²) in [5.74, 6) is -4.44. The van der Waals surface area contributed by atoms with Crippen LogP contribution in [-0.2, 0) is 72.7 Å². The highest BCUT2D eigenvalue weighted by Gasteiger charge is 2.53. The van der Waals surface area contributed by atoms with Crippen LogP contribution < -0.4 is 41.8 Å². The maximum absolute atomic E-state index is 14.1. The van der Waals surface area contributed by atoms with E-state index in [0.717, 1.165) is 12.4 Å². The highest BCUT2D eigenvalue weighted by molar-refractivity contribution is 7.89. The number of sulfonamides is 2. The number of anilines is 4. The van der Waals surface area contributed by atoms with E-state index < -0.39 is 90.8 Å². The fraction of sp³-hybridized carbons (Fsp3) is 0.269. The number of imidazole rings is 2. The Hall–Kier alpha value is -7.67. The first-order valence-corrected chi connectivity index (χ1v) is 28.8. The number of carbonyl (C=O) groups is 6. The van der Waals surface area contributed by atoms with Gasteiger partial charge in [-0.1, -0.05) is 70.7 Å². The number of aliphatic carboxylic acids is 1. The second-order valence-corrected chi connectivity index (χ2v) is 24.4. The number of nitrogens with two attached hydrogens (primary N) is 3. The zero-order valence-electron chi connectivity index (χ0n) is 45.0. The number of carboxylic acid groups (broad SMARTS) is 1. The second kappa shape index (κ2) is 26.5. The van der Waals surface area contributed by atoms with E-state index in [1.54, 1.807) is 69.3 Å². The van der Waals surface area contributed by atoms with Gasteiger partial charge in [0.15, 0.2) is 10.1 Å². The summed E-state index contributed by atoms with van der Waals surface area (Å²) in [7, 11) is -8.87. The van der Waals surface area contributed by atoms with E-state index in [4.69, 9.17) is 68.4 Å². The number of fused-ring (bicyclic) bond motifs is 2. The number of rotatable bonds is 17. The summed E-state index contributed by atoms with van der Waals surface area (Å²) in [6, 6.07) is 21.8. The fourth-order valence-corrected chi connectivity index (χ4v) is 12.4. The molecule has 0 saturated carbocycles. The molecule has 0 spiro atoms. The molecule has 0 radical (unpaired) electrons. The molecule has 8 rings (SSSR count). The number of aromatic nitrogens is 4. The topological polar surface area (TPSA) is 395 Å². The van der Waals surface area contributed by atoms with E-state index in [-0.39, 0.29) is 78.7 Å². The highest BCUT2D eigenvalue weighted by atomic mass is 35.5. The predicted molar refractivity (Wildman–Crippen MR) is 313 cm³/mol. The summed E-state index contributed by atoms with van der Waals surface area (Å²) in [4.78, 5) is 83.9. The number of hydrogen-bond donors (Lipinski definition) is 7. The van der Waals surface area contributed by atoms with Crippen LogP contribution in [0, 0.1) is 22.7 Å². The third-order valence-corrected chi connectivity index (χ3v) is 16.7. The van der Waals surface area contributed by atoms with Crippen molar-refractivity contribution in [3.05, 3.63) is 140 Å². The van der Waals surface area contributed by atoms with Crippen molar-refractivity contribution in [1.82, 2.24) is 33.9 Å². The molecule has 0 bridgehead atoms. The summed E-state index contributed by atoms with van der Waals surface area (Å²) < 4.78 is 60.6. The van der Waals surface area contributed by atoms with Crippen molar-refractivity contribution in [3.8, 4) is 12.1 Å². The van der Waals surface area contributed by atoms with E-state index in [1.807, 2.05) is 12.1 Å². The Balaban J connectivity index is 0.000000279. The van der Waals surface area contributed by atoms with Crippen LogP contribution in [0.1, 0.15) is 63.8 Å². The molecule has 25 nitrogen and oxygen atoms in total. The van der Waals surface area contributed by atoms with Gasteiger partial charge in [0.1, 0.15) is 23.2 Å². The molecule has 2 aliphatic rings. The molecule has 10 N–H and O–H groups in total. The first-order valence-electron chi connectivity index (χ1n) is 24.4. The van der Waals surface area contributed by atoms with Crippen molar-refractivity contribution in [3.63, 3.8) is 0 Å². The van der Waals surface area contributed by atoms with E-state index in [1.165, 1.54) is 76.1 Å². The van der Waals surface area contributed by atoms with Crippen molar-refractivity contribution in [2.75, 3.05) is 9.80 Å². The summed E-state index contributed by atoms with van der Waals surface area (Å²) in [5, 5.41) is 30.0. The molecular formula is C52H53Cl5N14O11S2. The Kier molecular flexibility index (Phi) is 21.2. The van der Waals surface area contributed by atoms with Crippen LogP contribution in [0.2, 0.25) is 20.1 Å². The molecule has 0 fully saturated rings. The fourth-order valence-electron chi connectivity index (χ4n) is 8.53.